The minimum Gasteiger partial charge on any atom is -0.387 e. The zero-order valence-electron chi connectivity index (χ0n) is 13.7. The highest BCUT2D eigenvalue weighted by Gasteiger charge is 2.53. The van der Waals surface area contributed by atoms with Crippen LogP contribution in [0.4, 0.5) is 5.82 Å². The normalized spacial score (nSPS) is 32.1. The van der Waals surface area contributed by atoms with E-state index < -0.39 is 31.4 Å². The first-order chi connectivity index (χ1) is 11.6. The number of hydrogen-bond acceptors (Lipinski definition) is 9. The van der Waals surface area contributed by atoms with Crippen LogP contribution in [-0.4, -0.2) is 72.1 Å². The van der Waals surface area contributed by atoms with Crippen molar-refractivity contribution in [1.82, 2.24) is 19.5 Å². The van der Waals surface area contributed by atoms with Crippen LogP contribution >= 0.6 is 7.37 Å². The van der Waals surface area contributed by atoms with E-state index in [9.17, 15) is 19.7 Å². The summed E-state index contributed by atoms with van der Waals surface area (Å²) in [5.41, 5.74) is 4.77. The maximum absolute atomic E-state index is 11.3. The molecular formula is C13H20N5O6P. The number of aromatic nitrogens is 4. The van der Waals surface area contributed by atoms with Crippen LogP contribution in [0, 0.1) is 0 Å². The molecule has 12 heteroatoms. The van der Waals surface area contributed by atoms with Crippen molar-refractivity contribution >= 4 is 24.4 Å². The van der Waals surface area contributed by atoms with Crippen LogP contribution in [0.5, 0.6) is 0 Å². The Labute approximate surface area is 142 Å². The molecule has 1 aliphatic rings. The summed E-state index contributed by atoms with van der Waals surface area (Å²) >= 11 is 0. The monoisotopic (exact) mass is 373 g/mol. The summed E-state index contributed by atoms with van der Waals surface area (Å²) in [6, 6.07) is 0. The fourth-order valence-electron chi connectivity index (χ4n) is 2.76. The van der Waals surface area contributed by atoms with Crippen molar-refractivity contribution in [2.24, 2.45) is 0 Å². The molecule has 2 aromatic heterocycles. The van der Waals surface area contributed by atoms with Gasteiger partial charge in [-0.1, -0.05) is 0 Å². The van der Waals surface area contributed by atoms with E-state index in [0.29, 0.717) is 11.2 Å². The average molecular weight is 373 g/mol. The standard InChI is InChI=1S/C13H20N5O6P/c1-13(20)9(19)7(3-23-6-25(2,21)22)24-12(13)18-5-17-8-10(14)15-4-16-11(8)18/h4-5,7,9,12,19-20H,3,6H2,1-2H3,(H,21,22)(H2,14,15,16)/t7-,9?,12-,13?/m1/s1. The number of imidazole rings is 1. The van der Waals surface area contributed by atoms with Gasteiger partial charge in [-0.25, -0.2) is 15.0 Å². The maximum Gasteiger partial charge on any atom is 0.222 e. The highest BCUT2D eigenvalue weighted by atomic mass is 31.2. The van der Waals surface area contributed by atoms with Gasteiger partial charge >= 0.3 is 0 Å². The summed E-state index contributed by atoms with van der Waals surface area (Å²) < 4.78 is 23.6. The lowest BCUT2D eigenvalue weighted by Gasteiger charge is -2.27. The van der Waals surface area contributed by atoms with Crippen molar-refractivity contribution in [1.29, 1.82) is 0 Å². The van der Waals surface area contributed by atoms with Gasteiger partial charge in [0.1, 0.15) is 36.0 Å². The Morgan fingerprint density at radius 3 is 2.88 bits per heavy atom. The Morgan fingerprint density at radius 1 is 1.48 bits per heavy atom. The number of aliphatic hydroxyl groups excluding tert-OH is 1. The molecule has 3 unspecified atom stereocenters. The molecule has 0 radical (unpaired) electrons. The van der Waals surface area contributed by atoms with E-state index in [0.717, 1.165) is 0 Å². The molecule has 1 aliphatic heterocycles. The molecule has 0 bridgehead atoms. The van der Waals surface area contributed by atoms with E-state index in [1.165, 1.54) is 30.8 Å². The van der Waals surface area contributed by atoms with Crippen LogP contribution in [0.1, 0.15) is 13.2 Å². The van der Waals surface area contributed by atoms with Gasteiger partial charge in [-0.15, -0.1) is 0 Å². The molecular weight excluding hydrogens is 353 g/mol. The molecule has 0 aromatic carbocycles. The Balaban J connectivity index is 1.84. The van der Waals surface area contributed by atoms with Gasteiger partial charge in [0.05, 0.1) is 12.9 Å². The lowest BCUT2D eigenvalue weighted by Crippen LogP contribution is -2.44. The third kappa shape index (κ3) is 3.39. The quantitative estimate of drug-likeness (QED) is 0.492. The van der Waals surface area contributed by atoms with Crippen LogP contribution in [-0.2, 0) is 14.0 Å². The van der Waals surface area contributed by atoms with Gasteiger partial charge in [0, 0.05) is 6.66 Å². The van der Waals surface area contributed by atoms with Crippen molar-refractivity contribution < 1.29 is 29.1 Å². The summed E-state index contributed by atoms with van der Waals surface area (Å²) in [7, 11) is -3.34. The van der Waals surface area contributed by atoms with Gasteiger partial charge in [0.15, 0.2) is 17.7 Å². The number of ether oxygens (including phenoxy) is 2. The molecule has 138 valence electrons. The molecule has 5 atom stereocenters. The van der Waals surface area contributed by atoms with Crippen molar-refractivity contribution in [3.05, 3.63) is 12.7 Å². The second kappa shape index (κ2) is 6.27. The Morgan fingerprint density at radius 2 is 2.20 bits per heavy atom. The first-order valence-corrected chi connectivity index (χ1v) is 9.76. The van der Waals surface area contributed by atoms with Crippen LogP contribution in [0.15, 0.2) is 12.7 Å². The highest BCUT2D eigenvalue weighted by molar-refractivity contribution is 7.56. The number of aliphatic hydroxyl groups is 2. The van der Waals surface area contributed by atoms with Gasteiger partial charge in [0.2, 0.25) is 7.37 Å². The van der Waals surface area contributed by atoms with Gasteiger partial charge < -0.3 is 30.3 Å². The van der Waals surface area contributed by atoms with Crippen molar-refractivity contribution in [2.75, 3.05) is 25.4 Å². The molecule has 11 nitrogen and oxygen atoms in total. The lowest BCUT2D eigenvalue weighted by molar-refractivity contribution is -0.0958. The lowest BCUT2D eigenvalue weighted by atomic mass is 9.96. The SMILES string of the molecule is CC1(O)C(O)[C@@H](COCP(C)(=O)O)O[C@H]1n1cnc2c(N)ncnc21. The minimum absolute atomic E-state index is 0.157. The van der Waals surface area contributed by atoms with Crippen LogP contribution in [0.25, 0.3) is 11.2 Å². The Kier molecular flexibility index (Phi) is 4.56. The maximum atomic E-state index is 11.3. The summed E-state index contributed by atoms with van der Waals surface area (Å²) in [5.74, 6) is 0.184. The Bertz CT molecular complexity index is 820. The molecule has 1 fully saturated rings. The van der Waals surface area contributed by atoms with E-state index in [-0.39, 0.29) is 18.8 Å². The number of nitrogen functional groups attached to an aromatic ring is 1. The van der Waals surface area contributed by atoms with E-state index in [1.54, 1.807) is 0 Å². The number of fused-ring (bicyclic) bond motifs is 1. The van der Waals surface area contributed by atoms with E-state index >= 15 is 0 Å². The second-order valence-electron chi connectivity index (χ2n) is 6.33. The first kappa shape index (κ1) is 18.2. The zero-order chi connectivity index (χ0) is 18.4. The number of hydrogen-bond donors (Lipinski definition) is 4. The van der Waals surface area contributed by atoms with E-state index in [1.807, 2.05) is 0 Å². The van der Waals surface area contributed by atoms with E-state index in [2.05, 4.69) is 15.0 Å². The molecule has 0 spiro atoms. The van der Waals surface area contributed by atoms with Crippen LogP contribution in [0.2, 0.25) is 0 Å². The molecule has 0 aliphatic carbocycles. The summed E-state index contributed by atoms with van der Waals surface area (Å²) in [5, 5.41) is 21.1. The molecule has 3 heterocycles. The Hall–Kier alpha value is -1.62. The zero-order valence-corrected chi connectivity index (χ0v) is 14.6. The highest BCUT2D eigenvalue weighted by Crippen LogP contribution is 2.40. The van der Waals surface area contributed by atoms with Gasteiger partial charge in [-0.3, -0.25) is 9.13 Å². The molecule has 0 saturated carbocycles. The molecule has 1 saturated heterocycles. The van der Waals surface area contributed by atoms with Gasteiger partial charge in [0.25, 0.3) is 0 Å². The predicted molar refractivity (Wildman–Crippen MR) is 86.8 cm³/mol. The van der Waals surface area contributed by atoms with Crippen LogP contribution in [0.3, 0.4) is 0 Å². The fourth-order valence-corrected chi connectivity index (χ4v) is 3.20. The fraction of sp³-hybridized carbons (Fsp3) is 0.615. The van der Waals surface area contributed by atoms with Crippen molar-refractivity contribution in [2.45, 2.75) is 31.0 Å². The number of nitrogens with two attached hydrogens (primary N) is 1. The van der Waals surface area contributed by atoms with Gasteiger partial charge in [-0.05, 0) is 6.92 Å². The molecule has 0 amide bonds. The average Bonchev–Trinajstić information content (AvgIpc) is 3.01. The summed E-state index contributed by atoms with van der Waals surface area (Å²) in [6.07, 6.45) is -0.912. The number of rotatable bonds is 5. The molecule has 25 heavy (non-hydrogen) atoms. The summed E-state index contributed by atoms with van der Waals surface area (Å²) in [4.78, 5) is 21.3. The van der Waals surface area contributed by atoms with E-state index in [4.69, 9.17) is 15.2 Å². The first-order valence-electron chi connectivity index (χ1n) is 7.47. The number of anilines is 1. The largest absolute Gasteiger partial charge is 0.387 e. The molecule has 2 aromatic rings. The third-order valence-corrected chi connectivity index (χ3v) is 4.67. The summed E-state index contributed by atoms with van der Waals surface area (Å²) in [6.45, 7) is 2.42. The topological polar surface area (TPSA) is 166 Å². The van der Waals surface area contributed by atoms with Crippen LogP contribution < -0.4 is 5.73 Å². The minimum atomic E-state index is -3.34. The van der Waals surface area contributed by atoms with Crippen molar-refractivity contribution in [3.8, 4) is 0 Å². The second-order valence-corrected chi connectivity index (χ2v) is 8.69. The van der Waals surface area contributed by atoms with Crippen molar-refractivity contribution in [3.63, 3.8) is 0 Å². The third-order valence-electron chi connectivity index (χ3n) is 4.01. The number of nitrogens with zero attached hydrogens (tertiary/aromatic N) is 4. The molecule has 5 N–H and O–H groups in total. The smallest absolute Gasteiger partial charge is 0.222 e. The predicted octanol–water partition coefficient (Wildman–Crippen LogP) is -0.708. The van der Waals surface area contributed by atoms with Gasteiger partial charge in [-0.2, -0.15) is 0 Å². The molecule has 3 rings (SSSR count).